The zero-order chi connectivity index (χ0) is 15.1. The van der Waals surface area contributed by atoms with Gasteiger partial charge in [-0.25, -0.2) is 0 Å². The van der Waals surface area contributed by atoms with Crippen molar-refractivity contribution in [3.05, 3.63) is 48.6 Å². The van der Waals surface area contributed by atoms with E-state index in [0.29, 0.717) is 6.42 Å². The highest BCUT2D eigenvalue weighted by Crippen LogP contribution is 2.02. The molecule has 0 fully saturated rings. The minimum Gasteiger partial charge on any atom is -0.290 e. The molecule has 0 aromatic heterocycles. The first-order chi connectivity index (χ1) is 9.70. The second-order valence-corrected chi connectivity index (χ2v) is 4.60. The summed E-state index contributed by atoms with van der Waals surface area (Å²) >= 11 is 0. The molecule has 2 nitrogen and oxygen atoms in total. The van der Waals surface area contributed by atoms with Crippen LogP contribution in [-0.2, 0) is 9.59 Å². The van der Waals surface area contributed by atoms with Crippen molar-refractivity contribution in [2.24, 2.45) is 0 Å². The number of unbranched alkanes of at least 4 members (excludes halogenated alkanes) is 4. The minimum atomic E-state index is -0.0285. The number of hydrogen-bond donors (Lipinski definition) is 0. The van der Waals surface area contributed by atoms with E-state index in [1.54, 1.807) is 37.3 Å². The van der Waals surface area contributed by atoms with Crippen LogP contribution in [0.15, 0.2) is 48.6 Å². The predicted molar refractivity (Wildman–Crippen MR) is 85.6 cm³/mol. The van der Waals surface area contributed by atoms with Gasteiger partial charge in [0.25, 0.3) is 0 Å². The quantitative estimate of drug-likeness (QED) is 0.403. The first-order valence-electron chi connectivity index (χ1n) is 7.41. The second-order valence-electron chi connectivity index (χ2n) is 4.60. The maximum absolute atomic E-state index is 11.5. The minimum absolute atomic E-state index is 0.00803. The average molecular weight is 274 g/mol. The average Bonchev–Trinajstić information content (AvgIpc) is 2.42. The summed E-state index contributed by atoms with van der Waals surface area (Å²) in [6, 6.07) is 0. The Morgan fingerprint density at radius 3 is 2.00 bits per heavy atom. The van der Waals surface area contributed by atoms with E-state index < -0.39 is 0 Å². The van der Waals surface area contributed by atoms with Crippen molar-refractivity contribution < 1.29 is 9.59 Å². The van der Waals surface area contributed by atoms with Crippen LogP contribution in [0.2, 0.25) is 0 Å². The lowest BCUT2D eigenvalue weighted by Crippen LogP contribution is -1.85. The van der Waals surface area contributed by atoms with E-state index >= 15 is 0 Å². The van der Waals surface area contributed by atoms with Crippen molar-refractivity contribution in [3.8, 4) is 0 Å². The van der Waals surface area contributed by atoms with E-state index in [-0.39, 0.29) is 11.6 Å². The molecular formula is C18H26O2. The van der Waals surface area contributed by atoms with Crippen molar-refractivity contribution in [1.29, 1.82) is 0 Å². The van der Waals surface area contributed by atoms with Gasteiger partial charge in [-0.1, -0.05) is 50.5 Å². The summed E-state index contributed by atoms with van der Waals surface area (Å²) in [6.45, 7) is 3.99. The molecule has 0 heterocycles. The molecular weight excluding hydrogens is 248 g/mol. The molecule has 110 valence electrons. The van der Waals surface area contributed by atoms with Gasteiger partial charge in [-0.15, -0.1) is 0 Å². The number of ketones is 2. The van der Waals surface area contributed by atoms with Gasteiger partial charge in [0.15, 0.2) is 11.6 Å². The van der Waals surface area contributed by atoms with E-state index in [0.717, 1.165) is 12.8 Å². The van der Waals surface area contributed by atoms with Gasteiger partial charge in [0.1, 0.15) is 0 Å². The summed E-state index contributed by atoms with van der Waals surface area (Å²) in [5.74, 6) is -0.0205. The molecule has 0 N–H and O–H groups in total. The van der Waals surface area contributed by atoms with Crippen LogP contribution in [0.25, 0.3) is 0 Å². The van der Waals surface area contributed by atoms with Crippen LogP contribution in [0.1, 0.15) is 52.4 Å². The summed E-state index contributed by atoms with van der Waals surface area (Å²) in [5, 5.41) is 0. The van der Waals surface area contributed by atoms with Gasteiger partial charge in [0.2, 0.25) is 0 Å². The summed E-state index contributed by atoms with van der Waals surface area (Å²) in [5.41, 5.74) is 0. The molecule has 0 saturated carbocycles. The number of carbonyl (C=O) groups excluding carboxylic acids is 2. The zero-order valence-electron chi connectivity index (χ0n) is 12.7. The first-order valence-corrected chi connectivity index (χ1v) is 7.41. The molecule has 20 heavy (non-hydrogen) atoms. The van der Waals surface area contributed by atoms with E-state index in [1.807, 2.05) is 6.08 Å². The van der Waals surface area contributed by atoms with Crippen molar-refractivity contribution in [3.63, 3.8) is 0 Å². The normalized spacial score (nSPS) is 12.3. The fraction of sp³-hybridized carbons (Fsp3) is 0.444. The monoisotopic (exact) mass is 274 g/mol. The lowest BCUT2D eigenvalue weighted by atomic mass is 10.1. The van der Waals surface area contributed by atoms with Crippen molar-refractivity contribution in [2.75, 3.05) is 0 Å². The lowest BCUT2D eigenvalue weighted by Gasteiger charge is -1.93. The molecule has 0 saturated heterocycles. The van der Waals surface area contributed by atoms with Crippen LogP contribution in [-0.4, -0.2) is 11.6 Å². The SMILES string of the molecule is C/C=C/C(=O)/C=C/C/C=C/C(=O)/C=C/CCCCCC. The molecule has 0 amide bonds. The van der Waals surface area contributed by atoms with Crippen LogP contribution >= 0.6 is 0 Å². The Kier molecular flexibility index (Phi) is 12.6. The lowest BCUT2D eigenvalue weighted by molar-refractivity contribution is -0.111. The zero-order valence-corrected chi connectivity index (χ0v) is 12.7. The highest BCUT2D eigenvalue weighted by molar-refractivity contribution is 5.99. The summed E-state index contributed by atoms with van der Waals surface area (Å²) in [4.78, 5) is 22.6. The highest BCUT2D eigenvalue weighted by Gasteiger charge is 1.89. The molecule has 0 aliphatic heterocycles. The topological polar surface area (TPSA) is 34.1 Å². The molecule has 0 bridgehead atoms. The summed E-state index contributed by atoms with van der Waals surface area (Å²) in [6.07, 6.45) is 19.8. The third kappa shape index (κ3) is 12.7. The molecule has 0 atom stereocenters. The Hall–Kier alpha value is -1.70. The summed E-state index contributed by atoms with van der Waals surface area (Å²) in [7, 11) is 0. The second kappa shape index (κ2) is 13.7. The van der Waals surface area contributed by atoms with Gasteiger partial charge in [0, 0.05) is 0 Å². The Labute approximate surface area is 123 Å². The maximum Gasteiger partial charge on any atom is 0.178 e. The maximum atomic E-state index is 11.5. The highest BCUT2D eigenvalue weighted by atomic mass is 16.1. The van der Waals surface area contributed by atoms with E-state index in [4.69, 9.17) is 0 Å². The van der Waals surface area contributed by atoms with E-state index in [1.165, 1.54) is 31.4 Å². The standard InChI is InChI=1S/C18H26O2/c1-3-5-6-7-8-10-15-18(20)16-12-9-11-14-17(19)13-4-2/h4,10-16H,3,5-9H2,1-2H3/b13-4+,14-11+,15-10+,16-12+. The van der Waals surface area contributed by atoms with Gasteiger partial charge in [-0.3, -0.25) is 9.59 Å². The smallest absolute Gasteiger partial charge is 0.178 e. The molecule has 0 aromatic rings. The Balaban J connectivity index is 3.77. The van der Waals surface area contributed by atoms with Gasteiger partial charge >= 0.3 is 0 Å². The van der Waals surface area contributed by atoms with Crippen LogP contribution in [0.3, 0.4) is 0 Å². The van der Waals surface area contributed by atoms with Gasteiger partial charge in [-0.05, 0) is 50.5 Å². The van der Waals surface area contributed by atoms with Crippen LogP contribution in [0, 0.1) is 0 Å². The van der Waals surface area contributed by atoms with Crippen LogP contribution < -0.4 is 0 Å². The van der Waals surface area contributed by atoms with Gasteiger partial charge in [0.05, 0.1) is 0 Å². The molecule has 0 aliphatic rings. The number of carbonyl (C=O) groups is 2. The molecule has 0 rings (SSSR count). The Morgan fingerprint density at radius 1 is 0.800 bits per heavy atom. The third-order valence-corrected chi connectivity index (χ3v) is 2.67. The number of rotatable bonds is 11. The number of hydrogen-bond acceptors (Lipinski definition) is 2. The molecule has 0 unspecified atom stereocenters. The molecule has 0 aliphatic carbocycles. The predicted octanol–water partition coefficient (Wildman–Crippen LogP) is 4.73. The third-order valence-electron chi connectivity index (χ3n) is 2.67. The van der Waals surface area contributed by atoms with Crippen molar-refractivity contribution >= 4 is 11.6 Å². The number of allylic oxidation sites excluding steroid dienone is 8. The fourth-order valence-corrected chi connectivity index (χ4v) is 1.61. The van der Waals surface area contributed by atoms with Crippen LogP contribution in [0.5, 0.6) is 0 Å². The first kappa shape index (κ1) is 18.3. The fourth-order valence-electron chi connectivity index (χ4n) is 1.61. The molecule has 0 radical (unpaired) electrons. The van der Waals surface area contributed by atoms with Crippen LogP contribution in [0.4, 0.5) is 0 Å². The Morgan fingerprint density at radius 2 is 1.40 bits per heavy atom. The van der Waals surface area contributed by atoms with Gasteiger partial charge < -0.3 is 0 Å². The molecule has 0 aromatic carbocycles. The molecule has 2 heteroatoms. The van der Waals surface area contributed by atoms with E-state index in [9.17, 15) is 9.59 Å². The summed E-state index contributed by atoms with van der Waals surface area (Å²) < 4.78 is 0. The largest absolute Gasteiger partial charge is 0.290 e. The molecule has 0 spiro atoms. The van der Waals surface area contributed by atoms with Gasteiger partial charge in [-0.2, -0.15) is 0 Å². The Bertz CT molecular complexity index is 384. The van der Waals surface area contributed by atoms with Crippen molar-refractivity contribution in [2.45, 2.75) is 52.4 Å². The van der Waals surface area contributed by atoms with Crippen molar-refractivity contribution in [1.82, 2.24) is 0 Å². The van der Waals surface area contributed by atoms with E-state index in [2.05, 4.69) is 6.92 Å².